The maximum Gasteiger partial charge on any atom is 0.197 e. The molecular formula is C75H122N8O11S2. The number of Topliss-reactive ketones (excluding diaryl/α,β-unsaturated/α-hetero) is 7. The average molecular weight is 1380 g/mol. The summed E-state index contributed by atoms with van der Waals surface area (Å²) >= 11 is 3.30. The largest absolute Gasteiger partial charge is 0.478 e. The van der Waals surface area contributed by atoms with E-state index < -0.39 is 0 Å². The second-order valence-electron chi connectivity index (χ2n) is 30.5. The fourth-order valence-electron chi connectivity index (χ4n) is 8.67. The molecular weight excluding hydrogens is 1250 g/mol. The molecule has 3 aliphatic heterocycles. The molecule has 3 aliphatic rings. The molecule has 7 rings (SSSR count). The summed E-state index contributed by atoms with van der Waals surface area (Å²) < 4.78 is 23.5. The second kappa shape index (κ2) is 39.5. The van der Waals surface area contributed by atoms with E-state index in [-0.39, 0.29) is 135 Å². The van der Waals surface area contributed by atoms with Gasteiger partial charge < -0.3 is 22.9 Å². The summed E-state index contributed by atoms with van der Waals surface area (Å²) in [7, 11) is 1.94. The first kappa shape index (κ1) is 87.9. The molecule has 0 radical (unpaired) electrons. The third kappa shape index (κ3) is 28.0. The lowest BCUT2D eigenvalue weighted by Crippen LogP contribution is -2.31. The molecule has 0 N–H and O–H groups in total. The molecule has 0 aromatic carbocycles. The van der Waals surface area contributed by atoms with E-state index in [1.807, 2.05) is 189 Å². The van der Waals surface area contributed by atoms with Gasteiger partial charge in [-0.1, -0.05) is 208 Å². The van der Waals surface area contributed by atoms with Crippen LogP contribution in [-0.4, -0.2) is 118 Å². The van der Waals surface area contributed by atoms with Crippen LogP contribution in [-0.2, 0) is 36.3 Å². The first-order chi connectivity index (χ1) is 44.0. The van der Waals surface area contributed by atoms with Crippen LogP contribution in [0.25, 0.3) is 0 Å². The van der Waals surface area contributed by atoms with Crippen LogP contribution in [0.3, 0.4) is 0 Å². The molecule has 0 fully saturated rings. The highest BCUT2D eigenvalue weighted by Gasteiger charge is 2.36. The van der Waals surface area contributed by atoms with Gasteiger partial charge in [-0.15, -0.1) is 23.1 Å². The van der Waals surface area contributed by atoms with E-state index >= 15 is 0 Å². The fourth-order valence-corrected chi connectivity index (χ4v) is 10.6. The lowest BCUT2D eigenvalue weighted by Gasteiger charge is -2.17. The number of thioether (sulfide) groups is 1. The van der Waals surface area contributed by atoms with Crippen LogP contribution in [0.2, 0.25) is 0 Å². The SMILES string of the molecule is CC(C)C(=O)C1COC(C(C)(C)C)=N1.CC(C)C(=O)C1CSC(C(C)C)=N1.CC(C)C(=O)C1N=C(C(C)C)OC1C.CC(C)C(=O)c1cn(C)c(C(C)(C)C)n1.CC(C)C(=O)c1coc(C(C)C)n1.CC(C)C(=O)c1csc(C(C)C)n1.Cc1oc(C(C)C)nc1C(=O)C(C)C. The van der Waals surface area contributed by atoms with Crippen molar-refractivity contribution in [2.45, 2.75) is 269 Å². The molecule has 4 unspecified atom stereocenters. The molecule has 96 heavy (non-hydrogen) atoms. The van der Waals surface area contributed by atoms with Crippen LogP contribution in [0.15, 0.2) is 41.7 Å². The van der Waals surface area contributed by atoms with E-state index in [0.29, 0.717) is 64.7 Å². The summed E-state index contributed by atoms with van der Waals surface area (Å²) in [6.07, 6.45) is 3.17. The highest BCUT2D eigenvalue weighted by Crippen LogP contribution is 2.28. The molecule has 540 valence electrons. The van der Waals surface area contributed by atoms with E-state index in [1.54, 1.807) is 30.0 Å². The second-order valence-corrected chi connectivity index (χ2v) is 32.4. The number of aryl methyl sites for hydroxylation is 2. The van der Waals surface area contributed by atoms with Crippen molar-refractivity contribution in [3.8, 4) is 0 Å². The average Bonchev–Trinajstić information content (AvgIpc) is 1.69. The normalized spacial score (nSPS) is 16.8. The third-order valence-corrected chi connectivity index (χ3v) is 17.1. The van der Waals surface area contributed by atoms with E-state index in [1.165, 1.54) is 6.26 Å². The molecule has 0 amide bonds. The monoisotopic (exact) mass is 1370 g/mol. The van der Waals surface area contributed by atoms with Gasteiger partial charge in [-0.3, -0.25) is 38.6 Å². The third-order valence-electron chi connectivity index (χ3n) is 14.6. The number of aromatic nitrogens is 5. The van der Waals surface area contributed by atoms with Crippen molar-refractivity contribution in [2.75, 3.05) is 12.4 Å². The highest BCUT2D eigenvalue weighted by atomic mass is 32.2. The number of oxazole rings is 2. The minimum absolute atomic E-state index is 0.00715. The summed E-state index contributed by atoms with van der Waals surface area (Å²) in [6.45, 7) is 63.4. The number of carbonyl (C=O) groups is 7. The van der Waals surface area contributed by atoms with E-state index in [4.69, 9.17) is 18.3 Å². The van der Waals surface area contributed by atoms with Crippen LogP contribution < -0.4 is 0 Å². The predicted molar refractivity (Wildman–Crippen MR) is 392 cm³/mol. The number of hydrogen-bond acceptors (Lipinski definition) is 20. The number of thiazole rings is 1. The summed E-state index contributed by atoms with van der Waals surface area (Å²) in [6, 6.07) is -0.626. The van der Waals surface area contributed by atoms with Crippen LogP contribution in [0, 0.1) is 65.6 Å². The number of ketones is 7. The van der Waals surface area contributed by atoms with Gasteiger partial charge in [-0.2, -0.15) is 0 Å². The molecule has 0 spiro atoms. The van der Waals surface area contributed by atoms with Crippen molar-refractivity contribution in [1.82, 2.24) is 24.5 Å². The lowest BCUT2D eigenvalue weighted by atomic mass is 9.96. The van der Waals surface area contributed by atoms with Gasteiger partial charge in [0.1, 0.15) is 71.5 Å². The standard InChI is InChI=1S/C12H20N2O.2C11H19NO2.C11H17NO2.C10H15NO2.C10H17NOS.C10H15NOS/c1-8(2)10(15)9-7-14(6)11(13-9)12(3,4)5;1-7(2)9(13)8-6-14-10(12-8)11(3,4)5;2*1-6(2)10(13)9-8(5)14-11(12-9)7(3)4;3*1-6(2)9(12)8-5-13-10(11-8)7(3)4/h7-8H,1-6H3;7-8H,6H2,1-5H3;6-9H,1-5H3;6-7H,1-5H3;5-7H,1-4H3;6-8H,5H2,1-4H3;5-7H,1-4H3. The van der Waals surface area contributed by atoms with Crippen molar-refractivity contribution in [3.05, 3.63) is 69.0 Å². The molecule has 0 saturated heterocycles. The summed E-state index contributed by atoms with van der Waals surface area (Å²) in [5.41, 5.74) is 2.03. The molecule has 7 heterocycles. The zero-order chi connectivity index (χ0) is 74.5. The number of aliphatic imine (C=N–C) groups is 3. The molecule has 4 aromatic rings. The zero-order valence-electron chi connectivity index (χ0n) is 64.8. The molecule has 19 nitrogen and oxygen atoms in total. The van der Waals surface area contributed by atoms with Gasteiger partial charge in [0, 0.05) is 106 Å². The van der Waals surface area contributed by atoms with Gasteiger partial charge in [0.15, 0.2) is 64.1 Å². The van der Waals surface area contributed by atoms with Crippen molar-refractivity contribution in [1.29, 1.82) is 0 Å². The van der Waals surface area contributed by atoms with Crippen molar-refractivity contribution < 1.29 is 51.9 Å². The Morgan fingerprint density at radius 2 is 1.01 bits per heavy atom. The summed E-state index contributed by atoms with van der Waals surface area (Å²) in [4.78, 5) is 112. The number of nitrogens with zero attached hydrogens (tertiary/aromatic N) is 8. The van der Waals surface area contributed by atoms with Crippen molar-refractivity contribution in [2.24, 2.45) is 80.7 Å². The number of imidazole rings is 1. The molecule has 0 aliphatic carbocycles. The minimum Gasteiger partial charge on any atom is -0.478 e. The Morgan fingerprint density at radius 3 is 1.38 bits per heavy atom. The Kier molecular flexibility index (Phi) is 36.2. The van der Waals surface area contributed by atoms with Gasteiger partial charge in [0.25, 0.3) is 0 Å². The van der Waals surface area contributed by atoms with Gasteiger partial charge in [-0.25, -0.2) is 29.9 Å². The predicted octanol–water partition coefficient (Wildman–Crippen LogP) is 17.7. The molecule has 0 saturated carbocycles. The Bertz CT molecular complexity index is 3190. The smallest absolute Gasteiger partial charge is 0.197 e. The van der Waals surface area contributed by atoms with E-state index in [0.717, 1.165) is 27.5 Å². The quantitative estimate of drug-likeness (QED) is 0.0790. The Labute approximate surface area is 584 Å². The summed E-state index contributed by atoms with van der Waals surface area (Å²) in [5.74, 6) is 7.88. The van der Waals surface area contributed by atoms with Crippen LogP contribution >= 0.6 is 23.1 Å². The van der Waals surface area contributed by atoms with Gasteiger partial charge in [0.2, 0.25) is 0 Å². The Morgan fingerprint density at radius 1 is 0.521 bits per heavy atom. The van der Waals surface area contributed by atoms with Crippen LogP contribution in [0.1, 0.15) is 303 Å². The van der Waals surface area contributed by atoms with Crippen molar-refractivity contribution >= 4 is 80.4 Å². The maximum atomic E-state index is 11.8. The van der Waals surface area contributed by atoms with Crippen LogP contribution in [0.4, 0.5) is 0 Å². The zero-order valence-corrected chi connectivity index (χ0v) is 66.4. The number of ether oxygens (including phenoxy) is 2. The van der Waals surface area contributed by atoms with E-state index in [2.05, 4.69) is 83.4 Å². The van der Waals surface area contributed by atoms with Crippen LogP contribution in [0.5, 0.6) is 0 Å². The summed E-state index contributed by atoms with van der Waals surface area (Å²) in [5, 5.41) is 4.04. The molecule has 0 bridgehead atoms. The first-order valence-corrected chi connectivity index (χ1v) is 36.2. The number of hydrogen-bond donors (Lipinski definition) is 0. The maximum absolute atomic E-state index is 11.8. The Balaban J connectivity index is 0.000000560. The van der Waals surface area contributed by atoms with Crippen molar-refractivity contribution in [3.63, 3.8) is 0 Å². The Hall–Kier alpha value is -6.09. The minimum atomic E-state index is -0.285. The topological polar surface area (TPSA) is 258 Å². The lowest BCUT2D eigenvalue weighted by molar-refractivity contribution is -0.124. The van der Waals surface area contributed by atoms with Gasteiger partial charge in [0.05, 0.1) is 10.1 Å². The number of carbonyl (C=O) groups excluding carboxylic acids is 7. The van der Waals surface area contributed by atoms with E-state index in [9.17, 15) is 33.6 Å². The highest BCUT2D eigenvalue weighted by molar-refractivity contribution is 8.14. The number of rotatable bonds is 19. The first-order valence-electron chi connectivity index (χ1n) is 34.3. The van der Waals surface area contributed by atoms with Gasteiger partial charge >= 0.3 is 0 Å². The fraction of sp³-hybridized carbons (Fsp3) is 0.707. The van der Waals surface area contributed by atoms with Gasteiger partial charge in [-0.05, 0) is 13.8 Å². The molecule has 4 atom stereocenters. The molecule has 21 heteroatoms. The molecule has 4 aromatic heterocycles.